The Kier molecular flexibility index (Phi) is 6.36. The molecule has 0 aliphatic carbocycles. The fraction of sp³-hybridized carbons (Fsp3) is 0.429. The molecule has 0 heterocycles. The minimum atomic E-state index is -1.05. The summed E-state index contributed by atoms with van der Waals surface area (Å²) in [6, 6.07) is 6.96. The van der Waals surface area contributed by atoms with E-state index >= 15 is 0 Å². The first-order valence-electron chi connectivity index (χ1n) is 6.50. The van der Waals surface area contributed by atoms with Gasteiger partial charge in [0.1, 0.15) is 13.2 Å². The Morgan fingerprint density at radius 1 is 1.30 bits per heavy atom. The summed E-state index contributed by atoms with van der Waals surface area (Å²) < 4.78 is 5.11. The van der Waals surface area contributed by atoms with E-state index in [4.69, 9.17) is 15.6 Å². The smallest absolute Gasteiger partial charge is 0.410 e. The first-order valence-corrected chi connectivity index (χ1v) is 6.50. The van der Waals surface area contributed by atoms with E-state index in [-0.39, 0.29) is 13.2 Å². The van der Waals surface area contributed by atoms with E-state index in [0.717, 1.165) is 18.4 Å². The molecule has 0 aliphatic heterocycles. The molecule has 0 saturated carbocycles. The number of benzene rings is 1. The zero-order chi connectivity index (χ0) is 15.0. The maximum atomic E-state index is 11.8. The summed E-state index contributed by atoms with van der Waals surface area (Å²) in [5, 5.41) is 8.78. The van der Waals surface area contributed by atoms with Crippen molar-refractivity contribution in [1.82, 2.24) is 4.90 Å². The third kappa shape index (κ3) is 5.60. The SMILES string of the molecule is CCCCN(CC(=O)O)C(=O)OCc1ccc(N)cc1. The van der Waals surface area contributed by atoms with Gasteiger partial charge in [0.2, 0.25) is 0 Å². The molecule has 0 spiro atoms. The number of rotatable bonds is 7. The fourth-order valence-electron chi connectivity index (χ4n) is 1.60. The van der Waals surface area contributed by atoms with Crippen molar-refractivity contribution >= 4 is 17.7 Å². The normalized spacial score (nSPS) is 10.1. The summed E-state index contributed by atoms with van der Waals surface area (Å²) in [6.07, 6.45) is 1.00. The number of hydrogen-bond donors (Lipinski definition) is 2. The molecule has 3 N–H and O–H groups in total. The van der Waals surface area contributed by atoms with Gasteiger partial charge in [-0.05, 0) is 24.1 Å². The number of nitrogen functional groups attached to an aromatic ring is 1. The maximum Gasteiger partial charge on any atom is 0.410 e. The molecule has 110 valence electrons. The minimum absolute atomic E-state index is 0.0986. The molecule has 1 aromatic carbocycles. The average molecular weight is 280 g/mol. The molecule has 0 unspecified atom stereocenters. The lowest BCUT2D eigenvalue weighted by Crippen LogP contribution is -2.36. The molecule has 6 heteroatoms. The lowest BCUT2D eigenvalue weighted by atomic mass is 10.2. The van der Waals surface area contributed by atoms with Crippen molar-refractivity contribution in [2.45, 2.75) is 26.4 Å². The maximum absolute atomic E-state index is 11.8. The topological polar surface area (TPSA) is 92.9 Å². The Morgan fingerprint density at radius 2 is 1.95 bits per heavy atom. The standard InChI is InChI=1S/C14H20N2O4/c1-2-3-8-16(9-13(17)18)14(19)20-10-11-4-6-12(15)7-5-11/h4-7H,2-3,8-10,15H2,1H3,(H,17,18). The van der Waals surface area contributed by atoms with Crippen molar-refractivity contribution in [2.24, 2.45) is 0 Å². The van der Waals surface area contributed by atoms with Crippen LogP contribution in [0.4, 0.5) is 10.5 Å². The summed E-state index contributed by atoms with van der Waals surface area (Å²) in [6.45, 7) is 2.10. The van der Waals surface area contributed by atoms with Crippen molar-refractivity contribution in [3.63, 3.8) is 0 Å². The van der Waals surface area contributed by atoms with Gasteiger partial charge in [-0.25, -0.2) is 4.79 Å². The number of anilines is 1. The van der Waals surface area contributed by atoms with Crippen LogP contribution in [-0.2, 0) is 16.1 Å². The number of carbonyl (C=O) groups excluding carboxylic acids is 1. The number of amides is 1. The van der Waals surface area contributed by atoms with E-state index < -0.39 is 12.1 Å². The summed E-state index contributed by atoms with van der Waals surface area (Å²) in [5.41, 5.74) is 7.00. The van der Waals surface area contributed by atoms with Gasteiger partial charge in [0.15, 0.2) is 0 Å². The molecule has 0 atom stereocenters. The summed E-state index contributed by atoms with van der Waals surface area (Å²) >= 11 is 0. The fourth-order valence-corrected chi connectivity index (χ4v) is 1.60. The molecule has 0 fully saturated rings. The lowest BCUT2D eigenvalue weighted by Gasteiger charge is -2.19. The summed E-state index contributed by atoms with van der Waals surface area (Å²) in [5.74, 6) is -1.05. The van der Waals surface area contributed by atoms with Gasteiger partial charge in [-0.3, -0.25) is 9.69 Å². The van der Waals surface area contributed by atoms with Crippen LogP contribution in [0, 0.1) is 0 Å². The number of nitrogens with zero attached hydrogens (tertiary/aromatic N) is 1. The number of carboxylic acid groups (broad SMARTS) is 1. The number of ether oxygens (including phenoxy) is 1. The molecule has 0 saturated heterocycles. The number of hydrogen-bond acceptors (Lipinski definition) is 4. The predicted molar refractivity (Wildman–Crippen MR) is 75.2 cm³/mol. The Hall–Kier alpha value is -2.24. The predicted octanol–water partition coefficient (Wildman–Crippen LogP) is 2.09. The molecule has 1 amide bonds. The Morgan fingerprint density at radius 3 is 2.50 bits per heavy atom. The second-order valence-electron chi connectivity index (χ2n) is 4.47. The van der Waals surface area contributed by atoms with E-state index in [1.165, 1.54) is 4.90 Å². The van der Waals surface area contributed by atoms with Gasteiger partial charge in [0, 0.05) is 12.2 Å². The van der Waals surface area contributed by atoms with Gasteiger partial charge in [-0.1, -0.05) is 25.5 Å². The van der Waals surface area contributed by atoms with Crippen LogP contribution >= 0.6 is 0 Å². The Bertz CT molecular complexity index is 445. The summed E-state index contributed by atoms with van der Waals surface area (Å²) in [4.78, 5) is 23.8. The van der Waals surface area contributed by atoms with Crippen molar-refractivity contribution in [2.75, 3.05) is 18.8 Å². The van der Waals surface area contributed by atoms with E-state index in [1.54, 1.807) is 24.3 Å². The largest absolute Gasteiger partial charge is 0.480 e. The van der Waals surface area contributed by atoms with Crippen molar-refractivity contribution in [1.29, 1.82) is 0 Å². The number of carboxylic acids is 1. The molecule has 6 nitrogen and oxygen atoms in total. The van der Waals surface area contributed by atoms with Crippen LogP contribution in [0.5, 0.6) is 0 Å². The van der Waals surface area contributed by atoms with Crippen molar-refractivity contribution < 1.29 is 19.4 Å². The highest BCUT2D eigenvalue weighted by Crippen LogP contribution is 2.08. The van der Waals surface area contributed by atoms with Gasteiger partial charge in [-0.15, -0.1) is 0 Å². The molecule has 1 rings (SSSR count). The van der Waals surface area contributed by atoms with Gasteiger partial charge in [0.25, 0.3) is 0 Å². The molecule has 0 aromatic heterocycles. The molecule has 1 aromatic rings. The van der Waals surface area contributed by atoms with Crippen LogP contribution < -0.4 is 5.73 Å². The van der Waals surface area contributed by atoms with E-state index in [9.17, 15) is 9.59 Å². The van der Waals surface area contributed by atoms with Crippen LogP contribution in [0.1, 0.15) is 25.3 Å². The third-order valence-electron chi connectivity index (χ3n) is 2.71. The molecular formula is C14H20N2O4. The highest BCUT2D eigenvalue weighted by molar-refractivity contribution is 5.76. The van der Waals surface area contributed by atoms with Crippen molar-refractivity contribution in [3.05, 3.63) is 29.8 Å². The zero-order valence-corrected chi connectivity index (χ0v) is 11.5. The first-order chi connectivity index (χ1) is 9.52. The van der Waals surface area contributed by atoms with Crippen LogP contribution in [0.15, 0.2) is 24.3 Å². The average Bonchev–Trinajstić information content (AvgIpc) is 2.42. The van der Waals surface area contributed by atoms with Crippen LogP contribution in [0.2, 0.25) is 0 Å². The van der Waals surface area contributed by atoms with Crippen molar-refractivity contribution in [3.8, 4) is 0 Å². The Balaban J connectivity index is 2.51. The number of nitrogens with two attached hydrogens (primary N) is 1. The van der Waals surface area contributed by atoms with E-state index in [2.05, 4.69) is 0 Å². The Labute approximate surface area is 118 Å². The highest BCUT2D eigenvalue weighted by atomic mass is 16.6. The number of aliphatic carboxylic acids is 1. The van der Waals surface area contributed by atoms with Crippen LogP contribution in [-0.4, -0.2) is 35.2 Å². The molecule has 0 radical (unpaired) electrons. The number of carbonyl (C=O) groups is 2. The molecular weight excluding hydrogens is 260 g/mol. The first kappa shape index (κ1) is 15.8. The monoisotopic (exact) mass is 280 g/mol. The molecule has 0 aliphatic rings. The summed E-state index contributed by atoms with van der Waals surface area (Å²) in [7, 11) is 0. The van der Waals surface area contributed by atoms with Crippen LogP contribution in [0.25, 0.3) is 0 Å². The molecule has 0 bridgehead atoms. The van der Waals surface area contributed by atoms with E-state index in [1.807, 2.05) is 6.92 Å². The second-order valence-corrected chi connectivity index (χ2v) is 4.47. The van der Waals surface area contributed by atoms with Gasteiger partial charge in [0.05, 0.1) is 0 Å². The van der Waals surface area contributed by atoms with Gasteiger partial charge in [-0.2, -0.15) is 0 Å². The zero-order valence-electron chi connectivity index (χ0n) is 11.5. The van der Waals surface area contributed by atoms with Crippen LogP contribution in [0.3, 0.4) is 0 Å². The molecule has 20 heavy (non-hydrogen) atoms. The third-order valence-corrected chi connectivity index (χ3v) is 2.71. The second kappa shape index (κ2) is 8.04. The number of unbranched alkanes of at least 4 members (excludes halogenated alkanes) is 1. The highest BCUT2D eigenvalue weighted by Gasteiger charge is 2.17. The van der Waals surface area contributed by atoms with Gasteiger partial charge < -0.3 is 15.6 Å². The van der Waals surface area contributed by atoms with Gasteiger partial charge >= 0.3 is 12.1 Å². The minimum Gasteiger partial charge on any atom is -0.480 e. The lowest BCUT2D eigenvalue weighted by molar-refractivity contribution is -0.138. The quantitative estimate of drug-likeness (QED) is 0.746. The van der Waals surface area contributed by atoms with E-state index in [0.29, 0.717) is 12.2 Å².